The predicted molar refractivity (Wildman–Crippen MR) is 101 cm³/mol. The highest BCUT2D eigenvalue weighted by Crippen LogP contribution is 2.27. The molecule has 0 bridgehead atoms. The van der Waals surface area contributed by atoms with Crippen LogP contribution >= 0.6 is 0 Å². The van der Waals surface area contributed by atoms with Gasteiger partial charge in [0.25, 0.3) is 0 Å². The van der Waals surface area contributed by atoms with Gasteiger partial charge in [-0.15, -0.1) is 0 Å². The van der Waals surface area contributed by atoms with E-state index in [4.69, 9.17) is 14.2 Å². The summed E-state index contributed by atoms with van der Waals surface area (Å²) < 4.78 is 15.5. The van der Waals surface area contributed by atoms with Gasteiger partial charge in [0.2, 0.25) is 5.91 Å². The maximum absolute atomic E-state index is 12.1. The SMILES string of the molecule is CCOC(=O)N1CCN(CCC(=O)NCc2ccc(OC)c(OC)c2)CC1. The molecule has 0 atom stereocenters. The van der Waals surface area contributed by atoms with Gasteiger partial charge in [-0.25, -0.2) is 4.79 Å². The van der Waals surface area contributed by atoms with Gasteiger partial charge in [-0.2, -0.15) is 0 Å². The molecule has 1 saturated heterocycles. The molecule has 8 heteroatoms. The summed E-state index contributed by atoms with van der Waals surface area (Å²) in [5.41, 5.74) is 0.948. The van der Waals surface area contributed by atoms with Gasteiger partial charge in [0.1, 0.15) is 0 Å². The fraction of sp³-hybridized carbons (Fsp3) is 0.579. The first-order valence-corrected chi connectivity index (χ1v) is 9.19. The second-order valence-electron chi connectivity index (χ2n) is 6.24. The molecule has 1 N–H and O–H groups in total. The summed E-state index contributed by atoms with van der Waals surface area (Å²) in [5, 5.41) is 2.92. The predicted octanol–water partition coefficient (Wildman–Crippen LogP) is 1.48. The topological polar surface area (TPSA) is 80.3 Å². The molecule has 0 radical (unpaired) electrons. The zero-order valence-electron chi connectivity index (χ0n) is 16.3. The van der Waals surface area contributed by atoms with Gasteiger partial charge >= 0.3 is 6.09 Å². The number of rotatable bonds is 8. The molecule has 1 aliphatic rings. The van der Waals surface area contributed by atoms with E-state index in [-0.39, 0.29) is 12.0 Å². The van der Waals surface area contributed by atoms with Crippen LogP contribution in [0.15, 0.2) is 18.2 Å². The lowest BCUT2D eigenvalue weighted by Crippen LogP contribution is -2.49. The Morgan fingerprint density at radius 2 is 1.78 bits per heavy atom. The third-order valence-corrected chi connectivity index (χ3v) is 4.49. The van der Waals surface area contributed by atoms with E-state index in [0.29, 0.717) is 50.7 Å². The number of nitrogens with one attached hydrogen (secondary N) is 1. The summed E-state index contributed by atoms with van der Waals surface area (Å²) in [4.78, 5) is 27.7. The molecule has 1 aromatic rings. The summed E-state index contributed by atoms with van der Waals surface area (Å²) >= 11 is 0. The molecule has 2 amide bonds. The maximum atomic E-state index is 12.1. The molecule has 2 rings (SSSR count). The lowest BCUT2D eigenvalue weighted by atomic mass is 10.2. The molecule has 0 spiro atoms. The van der Waals surface area contributed by atoms with Crippen molar-refractivity contribution in [2.24, 2.45) is 0 Å². The van der Waals surface area contributed by atoms with Crippen LogP contribution in [-0.4, -0.2) is 75.4 Å². The molecule has 1 aromatic carbocycles. The third kappa shape index (κ3) is 6.32. The number of benzene rings is 1. The van der Waals surface area contributed by atoms with Crippen molar-refractivity contribution in [3.63, 3.8) is 0 Å². The molecule has 27 heavy (non-hydrogen) atoms. The van der Waals surface area contributed by atoms with Crippen molar-refractivity contribution >= 4 is 12.0 Å². The molecule has 1 aliphatic heterocycles. The molecule has 1 heterocycles. The highest BCUT2D eigenvalue weighted by atomic mass is 16.6. The van der Waals surface area contributed by atoms with E-state index in [0.717, 1.165) is 18.7 Å². The smallest absolute Gasteiger partial charge is 0.409 e. The molecule has 150 valence electrons. The number of methoxy groups -OCH3 is 2. The van der Waals surface area contributed by atoms with E-state index in [9.17, 15) is 9.59 Å². The molecule has 8 nitrogen and oxygen atoms in total. The average molecular weight is 379 g/mol. The monoisotopic (exact) mass is 379 g/mol. The minimum absolute atomic E-state index is 0.00222. The van der Waals surface area contributed by atoms with E-state index in [2.05, 4.69) is 10.2 Å². The number of carbonyl (C=O) groups is 2. The van der Waals surface area contributed by atoms with Crippen LogP contribution in [0.3, 0.4) is 0 Å². The molecule has 0 aliphatic carbocycles. The quantitative estimate of drug-likeness (QED) is 0.737. The van der Waals surface area contributed by atoms with Crippen LogP contribution in [0.2, 0.25) is 0 Å². The van der Waals surface area contributed by atoms with Crippen molar-refractivity contribution in [3.8, 4) is 11.5 Å². The summed E-state index contributed by atoms with van der Waals surface area (Å²) in [6, 6.07) is 5.58. The normalized spacial score (nSPS) is 14.6. The first-order chi connectivity index (χ1) is 13.1. The van der Waals surface area contributed by atoms with Crippen molar-refractivity contribution in [2.75, 3.05) is 53.6 Å². The van der Waals surface area contributed by atoms with Gasteiger partial charge in [0.05, 0.1) is 20.8 Å². The highest BCUT2D eigenvalue weighted by molar-refractivity contribution is 5.76. The van der Waals surface area contributed by atoms with Gasteiger partial charge < -0.3 is 24.4 Å². The lowest BCUT2D eigenvalue weighted by Gasteiger charge is -2.33. The van der Waals surface area contributed by atoms with Gasteiger partial charge in [-0.05, 0) is 24.6 Å². The fourth-order valence-corrected chi connectivity index (χ4v) is 2.91. The number of carbonyl (C=O) groups excluding carboxylic acids is 2. The van der Waals surface area contributed by atoms with E-state index in [1.807, 2.05) is 18.2 Å². The van der Waals surface area contributed by atoms with Gasteiger partial charge in [0.15, 0.2) is 11.5 Å². The van der Waals surface area contributed by atoms with Crippen LogP contribution in [0.1, 0.15) is 18.9 Å². The van der Waals surface area contributed by atoms with Crippen LogP contribution in [0, 0.1) is 0 Å². The summed E-state index contributed by atoms with van der Waals surface area (Å²) in [5.74, 6) is 1.30. The Morgan fingerprint density at radius 1 is 1.07 bits per heavy atom. The van der Waals surface area contributed by atoms with E-state index < -0.39 is 0 Å². The molecular weight excluding hydrogens is 350 g/mol. The van der Waals surface area contributed by atoms with E-state index in [1.165, 1.54) is 0 Å². The Hall–Kier alpha value is -2.48. The lowest BCUT2D eigenvalue weighted by molar-refractivity contribution is -0.121. The fourth-order valence-electron chi connectivity index (χ4n) is 2.91. The molecule has 1 fully saturated rings. The van der Waals surface area contributed by atoms with E-state index >= 15 is 0 Å². The Labute approximate surface area is 160 Å². The van der Waals surface area contributed by atoms with Crippen LogP contribution < -0.4 is 14.8 Å². The molecule has 0 saturated carbocycles. The molecular formula is C19H29N3O5. The largest absolute Gasteiger partial charge is 0.493 e. The Bertz CT molecular complexity index is 630. The second kappa shape index (κ2) is 10.6. The zero-order chi connectivity index (χ0) is 19.6. The van der Waals surface area contributed by atoms with Crippen molar-refractivity contribution < 1.29 is 23.8 Å². The molecule has 0 unspecified atom stereocenters. The summed E-state index contributed by atoms with van der Waals surface area (Å²) in [6.07, 6.45) is 0.164. The zero-order valence-corrected chi connectivity index (χ0v) is 16.3. The number of amides is 2. The Balaban J connectivity index is 1.69. The Morgan fingerprint density at radius 3 is 2.41 bits per heavy atom. The highest BCUT2D eigenvalue weighted by Gasteiger charge is 2.22. The van der Waals surface area contributed by atoms with Crippen molar-refractivity contribution in [2.45, 2.75) is 19.9 Å². The summed E-state index contributed by atoms with van der Waals surface area (Å²) in [6.45, 7) is 6.07. The minimum atomic E-state index is -0.259. The molecule has 0 aromatic heterocycles. The number of hydrogen-bond donors (Lipinski definition) is 1. The van der Waals surface area contributed by atoms with Crippen molar-refractivity contribution in [1.29, 1.82) is 0 Å². The first-order valence-electron chi connectivity index (χ1n) is 9.19. The van der Waals surface area contributed by atoms with Gasteiger partial charge in [0, 0.05) is 45.7 Å². The number of nitrogens with zero attached hydrogens (tertiary/aromatic N) is 2. The van der Waals surface area contributed by atoms with Crippen LogP contribution in [0.5, 0.6) is 11.5 Å². The summed E-state index contributed by atoms with van der Waals surface area (Å²) in [7, 11) is 3.17. The first kappa shape index (κ1) is 20.8. The van der Waals surface area contributed by atoms with Gasteiger partial charge in [-0.3, -0.25) is 9.69 Å². The van der Waals surface area contributed by atoms with Crippen molar-refractivity contribution in [3.05, 3.63) is 23.8 Å². The average Bonchev–Trinajstić information content (AvgIpc) is 2.71. The Kier molecular flexibility index (Phi) is 8.19. The number of ether oxygens (including phenoxy) is 3. The second-order valence-corrected chi connectivity index (χ2v) is 6.24. The van der Waals surface area contributed by atoms with Crippen LogP contribution in [0.25, 0.3) is 0 Å². The number of hydrogen-bond acceptors (Lipinski definition) is 6. The van der Waals surface area contributed by atoms with Crippen LogP contribution in [-0.2, 0) is 16.1 Å². The van der Waals surface area contributed by atoms with Gasteiger partial charge in [-0.1, -0.05) is 6.07 Å². The third-order valence-electron chi connectivity index (χ3n) is 4.49. The minimum Gasteiger partial charge on any atom is -0.493 e. The van der Waals surface area contributed by atoms with Crippen LogP contribution in [0.4, 0.5) is 4.79 Å². The number of piperazine rings is 1. The standard InChI is InChI=1S/C19H29N3O5/c1-4-27-19(24)22-11-9-21(10-12-22)8-7-18(23)20-14-15-5-6-16(25-2)17(13-15)26-3/h5-6,13H,4,7-12,14H2,1-3H3,(H,20,23). The van der Waals surface area contributed by atoms with E-state index in [1.54, 1.807) is 26.0 Å². The maximum Gasteiger partial charge on any atom is 0.409 e. The van der Waals surface area contributed by atoms with Crippen molar-refractivity contribution in [1.82, 2.24) is 15.1 Å².